The van der Waals surface area contributed by atoms with Gasteiger partial charge in [-0.05, 0) is 73.4 Å². The molecular formula is C30H36ClN3O5S. The van der Waals surface area contributed by atoms with Gasteiger partial charge in [0.25, 0.3) is 10.0 Å². The molecular weight excluding hydrogens is 550 g/mol. The lowest BCUT2D eigenvalue weighted by Crippen LogP contribution is -2.52. The van der Waals surface area contributed by atoms with Gasteiger partial charge in [0.15, 0.2) is 0 Å². The molecule has 3 rings (SSSR count). The summed E-state index contributed by atoms with van der Waals surface area (Å²) in [4.78, 5) is 28.8. The summed E-state index contributed by atoms with van der Waals surface area (Å²) in [6, 6.07) is 19.2. The van der Waals surface area contributed by atoms with E-state index in [4.69, 9.17) is 16.3 Å². The fraction of sp³-hybridized carbons (Fsp3) is 0.333. The van der Waals surface area contributed by atoms with Crippen molar-refractivity contribution in [3.63, 3.8) is 0 Å². The van der Waals surface area contributed by atoms with E-state index in [9.17, 15) is 18.0 Å². The fourth-order valence-electron chi connectivity index (χ4n) is 4.38. The number of carbonyl (C=O) groups excluding carboxylic acids is 2. The lowest BCUT2D eigenvalue weighted by molar-refractivity contribution is -0.140. The number of anilines is 1. The predicted octanol–water partition coefficient (Wildman–Crippen LogP) is 5.19. The summed E-state index contributed by atoms with van der Waals surface area (Å²) in [5, 5.41) is 3.33. The molecule has 40 heavy (non-hydrogen) atoms. The molecule has 2 amide bonds. The van der Waals surface area contributed by atoms with E-state index in [1.165, 1.54) is 17.0 Å². The van der Waals surface area contributed by atoms with Crippen LogP contribution in [0.25, 0.3) is 0 Å². The molecule has 10 heteroatoms. The highest BCUT2D eigenvalue weighted by Gasteiger charge is 2.34. The van der Waals surface area contributed by atoms with Gasteiger partial charge in [-0.1, -0.05) is 55.8 Å². The number of halogens is 1. The number of amides is 2. The molecule has 214 valence electrons. The van der Waals surface area contributed by atoms with Crippen molar-refractivity contribution >= 4 is 39.1 Å². The van der Waals surface area contributed by atoms with Gasteiger partial charge >= 0.3 is 0 Å². The van der Waals surface area contributed by atoms with Crippen LogP contribution in [-0.4, -0.2) is 51.4 Å². The maximum absolute atomic E-state index is 14.1. The molecule has 3 aromatic rings. The van der Waals surface area contributed by atoms with Crippen LogP contribution in [0, 0.1) is 6.92 Å². The van der Waals surface area contributed by atoms with Gasteiger partial charge in [-0.15, -0.1) is 0 Å². The number of benzene rings is 3. The molecule has 0 aliphatic heterocycles. The Morgan fingerprint density at radius 3 is 2.35 bits per heavy atom. The summed E-state index contributed by atoms with van der Waals surface area (Å²) in [6.07, 6.45) is 1.08. The zero-order valence-corrected chi connectivity index (χ0v) is 24.8. The number of methoxy groups -OCH3 is 1. The second-order valence-electron chi connectivity index (χ2n) is 9.34. The largest absolute Gasteiger partial charge is 0.497 e. The van der Waals surface area contributed by atoms with E-state index in [1.54, 1.807) is 68.6 Å². The Labute approximate surface area is 241 Å². The minimum Gasteiger partial charge on any atom is -0.497 e. The molecule has 3 aromatic carbocycles. The third kappa shape index (κ3) is 7.55. The maximum Gasteiger partial charge on any atom is 0.264 e. The van der Waals surface area contributed by atoms with Crippen molar-refractivity contribution in [1.29, 1.82) is 0 Å². The summed E-state index contributed by atoms with van der Waals surface area (Å²) in [5.41, 5.74) is 1.66. The van der Waals surface area contributed by atoms with Gasteiger partial charge in [0.05, 0.1) is 17.7 Å². The minimum absolute atomic E-state index is 0.0456. The Balaban J connectivity index is 2.08. The van der Waals surface area contributed by atoms with E-state index in [1.807, 2.05) is 19.9 Å². The number of hydrogen-bond donors (Lipinski definition) is 1. The van der Waals surface area contributed by atoms with Crippen LogP contribution in [0.4, 0.5) is 5.69 Å². The number of carbonyl (C=O) groups is 2. The first-order valence-electron chi connectivity index (χ1n) is 13.2. The monoisotopic (exact) mass is 585 g/mol. The van der Waals surface area contributed by atoms with Crippen molar-refractivity contribution in [2.45, 2.75) is 51.1 Å². The van der Waals surface area contributed by atoms with Crippen LogP contribution in [0.2, 0.25) is 5.02 Å². The van der Waals surface area contributed by atoms with Crippen LogP contribution < -0.4 is 14.4 Å². The minimum atomic E-state index is -4.15. The first kappa shape index (κ1) is 31.0. The number of ether oxygens (including phenoxy) is 1. The van der Waals surface area contributed by atoms with Crippen LogP contribution in [0.3, 0.4) is 0 Å². The molecule has 0 aliphatic carbocycles. The summed E-state index contributed by atoms with van der Waals surface area (Å²) in [7, 11) is -2.59. The van der Waals surface area contributed by atoms with E-state index in [2.05, 4.69) is 5.32 Å². The van der Waals surface area contributed by atoms with E-state index < -0.39 is 28.5 Å². The molecule has 0 radical (unpaired) electrons. The van der Waals surface area contributed by atoms with Gasteiger partial charge in [-0.25, -0.2) is 8.42 Å². The molecule has 0 spiro atoms. The van der Waals surface area contributed by atoms with Crippen LogP contribution in [0.5, 0.6) is 5.75 Å². The van der Waals surface area contributed by atoms with Crippen molar-refractivity contribution in [2.24, 2.45) is 0 Å². The normalized spacial score (nSPS) is 11.9. The maximum atomic E-state index is 14.1. The molecule has 0 heterocycles. The zero-order chi connectivity index (χ0) is 29.3. The van der Waals surface area contributed by atoms with Gasteiger partial charge in [-0.2, -0.15) is 0 Å². The highest BCUT2D eigenvalue weighted by molar-refractivity contribution is 7.92. The summed E-state index contributed by atoms with van der Waals surface area (Å²) >= 11 is 6.16. The van der Waals surface area contributed by atoms with Crippen LogP contribution >= 0.6 is 11.6 Å². The molecule has 0 aromatic heterocycles. The van der Waals surface area contributed by atoms with E-state index >= 15 is 0 Å². The standard InChI is InChI=1S/C30H36ClN3O5S/c1-5-17-32-30(36)27(6-2)33(20-23-11-10-12-25(19-23)39-4)29(35)21-34(28-16-15-24(31)18-22(28)3)40(37,38)26-13-8-7-9-14-26/h7-16,18-19,27H,5-6,17,20-21H2,1-4H3,(H,32,36). The van der Waals surface area contributed by atoms with Crippen molar-refractivity contribution < 1.29 is 22.7 Å². The third-order valence-corrected chi connectivity index (χ3v) is 8.47. The highest BCUT2D eigenvalue weighted by atomic mass is 35.5. The topological polar surface area (TPSA) is 96.0 Å². The van der Waals surface area contributed by atoms with Gasteiger partial charge in [0, 0.05) is 18.1 Å². The molecule has 0 bridgehead atoms. The molecule has 1 atom stereocenters. The number of nitrogens with one attached hydrogen (secondary N) is 1. The fourth-order valence-corrected chi connectivity index (χ4v) is 6.11. The van der Waals surface area contributed by atoms with E-state index in [-0.39, 0.29) is 17.3 Å². The Hall–Kier alpha value is -3.56. The Morgan fingerprint density at radius 1 is 1.00 bits per heavy atom. The number of sulfonamides is 1. The molecule has 1 N–H and O–H groups in total. The van der Waals surface area contributed by atoms with Crippen LogP contribution in [-0.2, 0) is 26.2 Å². The molecule has 0 fully saturated rings. The molecule has 0 aliphatic rings. The lowest BCUT2D eigenvalue weighted by Gasteiger charge is -2.33. The first-order chi connectivity index (χ1) is 19.1. The highest BCUT2D eigenvalue weighted by Crippen LogP contribution is 2.29. The Kier molecular flexibility index (Phi) is 11.0. The van der Waals surface area contributed by atoms with Crippen molar-refractivity contribution in [3.05, 3.63) is 88.9 Å². The molecule has 0 saturated carbocycles. The van der Waals surface area contributed by atoms with Gasteiger partial charge in [0.1, 0.15) is 18.3 Å². The van der Waals surface area contributed by atoms with E-state index in [0.29, 0.717) is 35.0 Å². The summed E-state index contributed by atoms with van der Waals surface area (Å²) in [5.74, 6) is -0.200. The van der Waals surface area contributed by atoms with Crippen molar-refractivity contribution in [1.82, 2.24) is 10.2 Å². The van der Waals surface area contributed by atoms with Crippen LogP contribution in [0.15, 0.2) is 77.7 Å². The second-order valence-corrected chi connectivity index (χ2v) is 11.6. The first-order valence-corrected chi connectivity index (χ1v) is 15.0. The number of hydrogen-bond acceptors (Lipinski definition) is 5. The van der Waals surface area contributed by atoms with Crippen LogP contribution in [0.1, 0.15) is 37.8 Å². The third-order valence-electron chi connectivity index (χ3n) is 6.46. The van der Waals surface area contributed by atoms with E-state index in [0.717, 1.165) is 16.3 Å². The SMILES string of the molecule is CCCNC(=O)C(CC)N(Cc1cccc(OC)c1)C(=O)CN(c1ccc(Cl)cc1C)S(=O)(=O)c1ccccc1. The molecule has 0 saturated heterocycles. The average molecular weight is 586 g/mol. The molecule has 8 nitrogen and oxygen atoms in total. The Morgan fingerprint density at radius 2 is 1.73 bits per heavy atom. The van der Waals surface area contributed by atoms with Gasteiger partial charge < -0.3 is 15.0 Å². The van der Waals surface area contributed by atoms with Crippen molar-refractivity contribution in [3.8, 4) is 5.75 Å². The zero-order valence-electron chi connectivity index (χ0n) is 23.3. The lowest BCUT2D eigenvalue weighted by atomic mass is 10.1. The predicted molar refractivity (Wildman–Crippen MR) is 158 cm³/mol. The van der Waals surface area contributed by atoms with Crippen molar-refractivity contribution in [2.75, 3.05) is 24.5 Å². The second kappa shape index (κ2) is 14.2. The Bertz CT molecular complexity index is 1420. The quantitative estimate of drug-likeness (QED) is 0.298. The van der Waals surface area contributed by atoms with Gasteiger partial charge in [0.2, 0.25) is 11.8 Å². The molecule has 1 unspecified atom stereocenters. The summed E-state index contributed by atoms with van der Waals surface area (Å²) in [6.45, 7) is 5.55. The smallest absolute Gasteiger partial charge is 0.264 e. The van der Waals surface area contributed by atoms with Gasteiger partial charge in [-0.3, -0.25) is 13.9 Å². The number of rotatable bonds is 13. The summed E-state index contributed by atoms with van der Waals surface area (Å²) < 4.78 is 34.3. The number of nitrogens with zero attached hydrogens (tertiary/aromatic N) is 2. The number of aryl methyl sites for hydroxylation is 1. The average Bonchev–Trinajstić information content (AvgIpc) is 2.95.